The molecule has 3 rings (SSSR count). The van der Waals surface area contributed by atoms with Gasteiger partial charge in [-0.05, 0) is 46.6 Å². The van der Waals surface area contributed by atoms with Crippen LogP contribution in [0, 0.1) is 0 Å². The van der Waals surface area contributed by atoms with Crippen LogP contribution in [0.15, 0.2) is 102 Å². The van der Waals surface area contributed by atoms with Gasteiger partial charge in [0.05, 0.1) is 12.7 Å². The zero-order valence-electron chi connectivity index (χ0n) is 20.2. The van der Waals surface area contributed by atoms with E-state index in [1.165, 1.54) is 20.8 Å². The maximum atomic E-state index is 9.01. The molecule has 4 heteroatoms. The number of allylic oxidation sites excluding steroid dienone is 3. The average molecular weight is 477 g/mol. The second-order valence-electron chi connectivity index (χ2n) is 9.45. The van der Waals surface area contributed by atoms with Gasteiger partial charge >= 0.3 is 0 Å². The van der Waals surface area contributed by atoms with Crippen molar-refractivity contribution in [3.8, 4) is 0 Å². The largest absolute Gasteiger partial charge is 0.400 e. The second-order valence-corrected chi connectivity index (χ2v) is 14.7. The van der Waals surface area contributed by atoms with Crippen molar-refractivity contribution < 1.29 is 9.53 Å². The van der Waals surface area contributed by atoms with Gasteiger partial charge in [0.2, 0.25) is 0 Å². The number of aliphatic hydroxyl groups is 1. The van der Waals surface area contributed by atoms with Crippen LogP contribution in [0.4, 0.5) is 0 Å². The molecule has 1 N–H and O–H groups in total. The van der Waals surface area contributed by atoms with E-state index in [2.05, 4.69) is 112 Å². The Bertz CT molecular complexity index is 979. The van der Waals surface area contributed by atoms with Crippen molar-refractivity contribution in [1.29, 1.82) is 0 Å². The fraction of sp³-hybridized carbons (Fsp3) is 0.310. The van der Waals surface area contributed by atoms with Crippen molar-refractivity contribution in [2.75, 3.05) is 6.61 Å². The molecule has 0 aliphatic heterocycles. The molecule has 0 aliphatic rings. The molecule has 1 atom stereocenters. The van der Waals surface area contributed by atoms with E-state index in [9.17, 15) is 0 Å². The minimum atomic E-state index is -2.63. The highest BCUT2D eigenvalue weighted by Crippen LogP contribution is 2.41. The molecule has 0 bridgehead atoms. The Morgan fingerprint density at radius 1 is 0.970 bits per heavy atom. The van der Waals surface area contributed by atoms with Crippen LogP contribution in [0.5, 0.6) is 0 Å². The summed E-state index contributed by atoms with van der Waals surface area (Å²) >= 11 is 1.78. The number of rotatable bonds is 10. The number of hydrogen-bond acceptors (Lipinski definition) is 3. The van der Waals surface area contributed by atoms with Gasteiger partial charge in [-0.2, -0.15) is 0 Å². The summed E-state index contributed by atoms with van der Waals surface area (Å²) in [6, 6.07) is 26.0. The molecular weight excluding hydrogens is 440 g/mol. The van der Waals surface area contributed by atoms with Crippen LogP contribution in [0.1, 0.15) is 51.5 Å². The first-order valence-electron chi connectivity index (χ1n) is 11.6. The number of thiophene rings is 1. The summed E-state index contributed by atoms with van der Waals surface area (Å²) in [5.74, 6) is 0. The standard InChI is InChI=1S/C29H36O2SSi/c1-24(14-11-12-22-30)20-21-27(28-19-13-23-32-28)31-33(29(2,3)4,25-15-7-5-8-16-25)26-17-9-6-10-18-26/h5-19,23,27,30H,20-22H2,1-4H3/b12-11+,24-14+. The maximum absolute atomic E-state index is 9.01. The monoisotopic (exact) mass is 476 g/mol. The van der Waals surface area contributed by atoms with E-state index in [1.807, 2.05) is 6.08 Å². The smallest absolute Gasteiger partial charge is 0.261 e. The Morgan fingerprint density at radius 2 is 1.58 bits per heavy atom. The van der Waals surface area contributed by atoms with Gasteiger partial charge in [-0.25, -0.2) is 0 Å². The van der Waals surface area contributed by atoms with Crippen LogP contribution >= 0.6 is 11.3 Å². The molecule has 1 aromatic heterocycles. The topological polar surface area (TPSA) is 29.5 Å². The first-order valence-corrected chi connectivity index (χ1v) is 14.4. The lowest BCUT2D eigenvalue weighted by Gasteiger charge is -2.45. The Balaban J connectivity index is 2.06. The minimum Gasteiger partial charge on any atom is -0.400 e. The lowest BCUT2D eigenvalue weighted by Crippen LogP contribution is -2.66. The van der Waals surface area contributed by atoms with Gasteiger partial charge in [0, 0.05) is 4.88 Å². The molecule has 0 saturated heterocycles. The zero-order valence-corrected chi connectivity index (χ0v) is 22.0. The molecule has 33 heavy (non-hydrogen) atoms. The molecule has 0 saturated carbocycles. The molecule has 2 aromatic carbocycles. The molecule has 0 radical (unpaired) electrons. The lowest BCUT2D eigenvalue weighted by molar-refractivity contribution is 0.184. The quantitative estimate of drug-likeness (QED) is 0.262. The summed E-state index contributed by atoms with van der Waals surface area (Å²) in [7, 11) is -2.63. The molecule has 2 nitrogen and oxygen atoms in total. The Morgan fingerprint density at radius 3 is 2.06 bits per heavy atom. The number of benzene rings is 2. The first kappa shape index (κ1) is 25.4. The molecule has 0 amide bonds. The summed E-state index contributed by atoms with van der Waals surface area (Å²) in [5, 5.41) is 13.7. The molecule has 0 spiro atoms. The van der Waals surface area contributed by atoms with E-state index in [0.29, 0.717) is 0 Å². The van der Waals surface area contributed by atoms with Gasteiger partial charge in [0.1, 0.15) is 0 Å². The molecular formula is C29H36O2SSi. The van der Waals surface area contributed by atoms with Gasteiger partial charge < -0.3 is 9.53 Å². The summed E-state index contributed by atoms with van der Waals surface area (Å²) in [6.07, 6.45) is 7.65. The number of hydrogen-bond donors (Lipinski definition) is 1. The molecule has 174 valence electrons. The third-order valence-electron chi connectivity index (χ3n) is 6.02. The Kier molecular flexibility index (Phi) is 9.04. The van der Waals surface area contributed by atoms with Crippen LogP contribution < -0.4 is 10.4 Å². The van der Waals surface area contributed by atoms with Crippen molar-refractivity contribution in [2.45, 2.75) is 51.7 Å². The Hall–Kier alpha value is -2.24. The fourth-order valence-electron chi connectivity index (χ4n) is 4.37. The Labute approximate surface area is 204 Å². The lowest BCUT2D eigenvalue weighted by atomic mass is 10.1. The average Bonchev–Trinajstić information content (AvgIpc) is 3.35. The van der Waals surface area contributed by atoms with E-state index >= 15 is 0 Å². The minimum absolute atomic E-state index is 0.0153. The maximum Gasteiger partial charge on any atom is 0.261 e. The summed E-state index contributed by atoms with van der Waals surface area (Å²) < 4.78 is 7.46. The zero-order chi connectivity index (χ0) is 23.7. The molecule has 1 unspecified atom stereocenters. The van der Waals surface area contributed by atoms with Crippen molar-refractivity contribution >= 4 is 30.0 Å². The highest BCUT2D eigenvalue weighted by Gasteiger charge is 2.51. The third kappa shape index (κ3) is 6.21. The van der Waals surface area contributed by atoms with Gasteiger partial charge in [-0.1, -0.05) is 111 Å². The van der Waals surface area contributed by atoms with Gasteiger partial charge in [-0.15, -0.1) is 11.3 Å². The highest BCUT2D eigenvalue weighted by molar-refractivity contribution is 7.10. The van der Waals surface area contributed by atoms with Crippen LogP contribution in [-0.4, -0.2) is 20.0 Å². The van der Waals surface area contributed by atoms with Crippen LogP contribution in [0.2, 0.25) is 5.04 Å². The second kappa shape index (κ2) is 11.8. The molecule has 0 aliphatic carbocycles. The van der Waals surface area contributed by atoms with E-state index in [4.69, 9.17) is 9.53 Å². The summed E-state index contributed by atoms with van der Waals surface area (Å²) in [5.41, 5.74) is 1.28. The van der Waals surface area contributed by atoms with E-state index in [-0.39, 0.29) is 17.7 Å². The predicted octanol–water partition coefficient (Wildman–Crippen LogP) is 6.64. The fourth-order valence-corrected chi connectivity index (χ4v) is 9.93. The first-order chi connectivity index (χ1) is 15.9. The van der Waals surface area contributed by atoms with E-state index < -0.39 is 8.32 Å². The van der Waals surface area contributed by atoms with Crippen LogP contribution in [0.25, 0.3) is 0 Å². The van der Waals surface area contributed by atoms with Crippen LogP contribution in [-0.2, 0) is 4.43 Å². The number of aliphatic hydroxyl groups excluding tert-OH is 1. The molecule has 0 fully saturated rings. The van der Waals surface area contributed by atoms with Crippen molar-refractivity contribution in [1.82, 2.24) is 0 Å². The van der Waals surface area contributed by atoms with Crippen molar-refractivity contribution in [3.05, 3.63) is 107 Å². The summed E-state index contributed by atoms with van der Waals surface area (Å²) in [4.78, 5) is 1.28. The normalized spacial score (nSPS) is 14.0. The van der Waals surface area contributed by atoms with Crippen molar-refractivity contribution in [2.24, 2.45) is 0 Å². The van der Waals surface area contributed by atoms with E-state index in [1.54, 1.807) is 17.4 Å². The SMILES string of the molecule is C/C(=C\C=C\CO)CCC(O[Si](c1ccccc1)(c1ccccc1)C(C)(C)C)c1cccs1. The molecule has 3 aromatic rings. The van der Waals surface area contributed by atoms with E-state index in [0.717, 1.165) is 12.8 Å². The van der Waals surface area contributed by atoms with Crippen LogP contribution in [0.3, 0.4) is 0 Å². The van der Waals surface area contributed by atoms with Gasteiger partial charge in [-0.3, -0.25) is 0 Å². The highest BCUT2D eigenvalue weighted by atomic mass is 32.1. The van der Waals surface area contributed by atoms with Gasteiger partial charge in [0.25, 0.3) is 8.32 Å². The molecule has 1 heterocycles. The predicted molar refractivity (Wildman–Crippen MR) is 145 cm³/mol. The van der Waals surface area contributed by atoms with Gasteiger partial charge in [0.15, 0.2) is 0 Å². The third-order valence-corrected chi connectivity index (χ3v) is 12.0. The van der Waals surface area contributed by atoms with Crippen molar-refractivity contribution in [3.63, 3.8) is 0 Å². The summed E-state index contributed by atoms with van der Waals surface area (Å²) in [6.45, 7) is 9.20.